The molecular formula is C10H11N3OS2. The molecule has 0 unspecified atom stereocenters. The summed E-state index contributed by atoms with van der Waals surface area (Å²) in [6.45, 7) is 1.47. The van der Waals surface area contributed by atoms with Crippen molar-refractivity contribution < 1.29 is 4.79 Å². The number of hydrogen-bond acceptors (Lipinski definition) is 5. The number of amides is 1. The van der Waals surface area contributed by atoms with Gasteiger partial charge in [0.1, 0.15) is 0 Å². The summed E-state index contributed by atoms with van der Waals surface area (Å²) in [6, 6.07) is 1.82. The Bertz CT molecular complexity index is 464. The Balaban J connectivity index is 1.83. The van der Waals surface area contributed by atoms with Crippen molar-refractivity contribution in [2.75, 3.05) is 0 Å². The highest BCUT2D eigenvalue weighted by Gasteiger charge is 2.04. The van der Waals surface area contributed by atoms with Crippen LogP contribution < -0.4 is 11.1 Å². The maximum atomic E-state index is 10.9. The molecule has 3 N–H and O–H groups in total. The van der Waals surface area contributed by atoms with Crippen LogP contribution in [0.5, 0.6) is 0 Å². The molecule has 2 aromatic rings. The Kier molecular flexibility index (Phi) is 3.66. The molecule has 0 saturated carbocycles. The van der Waals surface area contributed by atoms with E-state index in [1.165, 1.54) is 11.3 Å². The van der Waals surface area contributed by atoms with Crippen molar-refractivity contribution in [2.45, 2.75) is 13.1 Å². The summed E-state index contributed by atoms with van der Waals surface area (Å²) in [7, 11) is 0. The lowest BCUT2D eigenvalue weighted by atomic mass is 10.3. The number of nitrogens with two attached hydrogens (primary N) is 1. The maximum Gasteiger partial charge on any atom is 0.249 e. The summed E-state index contributed by atoms with van der Waals surface area (Å²) < 4.78 is 0. The molecule has 0 spiro atoms. The number of thiazole rings is 1. The number of aromatic nitrogens is 1. The fourth-order valence-electron chi connectivity index (χ4n) is 1.24. The Morgan fingerprint density at radius 3 is 2.94 bits per heavy atom. The van der Waals surface area contributed by atoms with Gasteiger partial charge in [-0.25, -0.2) is 4.98 Å². The van der Waals surface area contributed by atoms with Gasteiger partial charge in [0.2, 0.25) is 5.91 Å². The van der Waals surface area contributed by atoms with Crippen molar-refractivity contribution in [3.8, 4) is 0 Å². The SMILES string of the molecule is NC(=O)c1csc(CNCc2cscn2)c1. The minimum Gasteiger partial charge on any atom is -0.366 e. The van der Waals surface area contributed by atoms with Crippen LogP contribution in [0.3, 0.4) is 0 Å². The van der Waals surface area contributed by atoms with Crippen molar-refractivity contribution in [2.24, 2.45) is 5.73 Å². The number of rotatable bonds is 5. The lowest BCUT2D eigenvalue weighted by Crippen LogP contribution is -2.12. The van der Waals surface area contributed by atoms with Crippen LogP contribution in [0.2, 0.25) is 0 Å². The van der Waals surface area contributed by atoms with Gasteiger partial charge in [0.05, 0.1) is 16.8 Å². The van der Waals surface area contributed by atoms with E-state index in [1.54, 1.807) is 16.7 Å². The number of carbonyl (C=O) groups excluding carboxylic acids is 1. The molecule has 0 aliphatic carbocycles. The summed E-state index contributed by atoms with van der Waals surface area (Å²) in [6.07, 6.45) is 0. The van der Waals surface area contributed by atoms with E-state index in [2.05, 4.69) is 10.3 Å². The zero-order chi connectivity index (χ0) is 11.4. The highest BCUT2D eigenvalue weighted by Crippen LogP contribution is 2.14. The molecule has 0 bridgehead atoms. The standard InChI is InChI=1S/C10H11N3OS2/c11-10(14)7-1-9(16-4-7)3-12-2-8-5-15-6-13-8/h1,4-6,12H,2-3H2,(H2,11,14). The molecule has 2 aromatic heterocycles. The molecule has 4 nitrogen and oxygen atoms in total. The van der Waals surface area contributed by atoms with Crippen LogP contribution in [0.4, 0.5) is 0 Å². The smallest absolute Gasteiger partial charge is 0.249 e. The summed E-state index contributed by atoms with van der Waals surface area (Å²) in [5.74, 6) is -0.373. The van der Waals surface area contributed by atoms with Crippen molar-refractivity contribution in [3.05, 3.63) is 38.5 Å². The highest BCUT2D eigenvalue weighted by atomic mass is 32.1. The van der Waals surface area contributed by atoms with Crippen LogP contribution in [-0.4, -0.2) is 10.9 Å². The second-order valence-corrected chi connectivity index (χ2v) is 4.96. The Hall–Kier alpha value is -1.24. The van der Waals surface area contributed by atoms with Crippen molar-refractivity contribution in [1.82, 2.24) is 10.3 Å². The first-order valence-corrected chi connectivity index (χ1v) is 6.53. The van der Waals surface area contributed by atoms with Gasteiger partial charge in [-0.1, -0.05) is 0 Å². The van der Waals surface area contributed by atoms with E-state index < -0.39 is 0 Å². The molecule has 0 aliphatic heterocycles. The maximum absolute atomic E-state index is 10.9. The van der Waals surface area contributed by atoms with Gasteiger partial charge in [0, 0.05) is 28.7 Å². The van der Waals surface area contributed by atoms with E-state index in [-0.39, 0.29) is 5.91 Å². The van der Waals surface area contributed by atoms with Gasteiger partial charge >= 0.3 is 0 Å². The van der Waals surface area contributed by atoms with Gasteiger partial charge in [-0.05, 0) is 6.07 Å². The van der Waals surface area contributed by atoms with Crippen LogP contribution in [0.25, 0.3) is 0 Å². The predicted molar refractivity (Wildman–Crippen MR) is 65.5 cm³/mol. The second kappa shape index (κ2) is 5.20. The average molecular weight is 253 g/mol. The number of nitrogens with one attached hydrogen (secondary N) is 1. The molecule has 0 fully saturated rings. The number of hydrogen-bond donors (Lipinski definition) is 2. The molecule has 0 aromatic carbocycles. The molecule has 84 valence electrons. The van der Waals surface area contributed by atoms with Gasteiger partial charge in [0.25, 0.3) is 0 Å². The predicted octanol–water partition coefficient (Wildman–Crippen LogP) is 1.59. The first kappa shape index (κ1) is 11.3. The van der Waals surface area contributed by atoms with E-state index >= 15 is 0 Å². The first-order valence-electron chi connectivity index (χ1n) is 4.70. The zero-order valence-electron chi connectivity index (χ0n) is 8.47. The van der Waals surface area contributed by atoms with Gasteiger partial charge in [-0.2, -0.15) is 0 Å². The quantitative estimate of drug-likeness (QED) is 0.850. The summed E-state index contributed by atoms with van der Waals surface area (Å²) in [4.78, 5) is 16.1. The van der Waals surface area contributed by atoms with Gasteiger partial charge in [-0.15, -0.1) is 22.7 Å². The Labute approximate surface area is 101 Å². The molecule has 2 heterocycles. The molecule has 0 aliphatic rings. The lowest BCUT2D eigenvalue weighted by molar-refractivity contribution is 0.100. The topological polar surface area (TPSA) is 68.0 Å². The molecule has 16 heavy (non-hydrogen) atoms. The average Bonchev–Trinajstić information content (AvgIpc) is 2.87. The fraction of sp³-hybridized carbons (Fsp3) is 0.200. The fourth-order valence-corrected chi connectivity index (χ4v) is 2.64. The molecule has 6 heteroatoms. The normalized spacial score (nSPS) is 10.5. The van der Waals surface area contributed by atoms with Crippen molar-refractivity contribution in [3.63, 3.8) is 0 Å². The van der Waals surface area contributed by atoms with Crippen LogP contribution in [-0.2, 0) is 13.1 Å². The van der Waals surface area contributed by atoms with Gasteiger partial charge in [0.15, 0.2) is 0 Å². The second-order valence-electron chi connectivity index (χ2n) is 3.25. The minimum absolute atomic E-state index is 0.373. The number of thiophene rings is 1. The zero-order valence-corrected chi connectivity index (χ0v) is 10.1. The number of nitrogens with zero attached hydrogens (tertiary/aromatic N) is 1. The first-order chi connectivity index (χ1) is 7.75. The molecule has 0 atom stereocenters. The molecule has 1 amide bonds. The monoisotopic (exact) mass is 253 g/mol. The van der Waals surface area contributed by atoms with Crippen molar-refractivity contribution >= 4 is 28.6 Å². The summed E-state index contributed by atoms with van der Waals surface area (Å²) >= 11 is 3.12. The van der Waals surface area contributed by atoms with Crippen LogP contribution in [0.1, 0.15) is 20.9 Å². The lowest BCUT2D eigenvalue weighted by Gasteiger charge is -1.99. The van der Waals surface area contributed by atoms with E-state index in [0.29, 0.717) is 5.56 Å². The van der Waals surface area contributed by atoms with E-state index in [9.17, 15) is 4.79 Å². The summed E-state index contributed by atoms with van der Waals surface area (Å²) in [5.41, 5.74) is 8.60. The van der Waals surface area contributed by atoms with Crippen LogP contribution >= 0.6 is 22.7 Å². The molecule has 0 radical (unpaired) electrons. The molecule has 2 rings (SSSR count). The third-order valence-corrected chi connectivity index (χ3v) is 3.60. The number of primary amides is 1. The van der Waals surface area contributed by atoms with E-state index in [0.717, 1.165) is 23.7 Å². The third kappa shape index (κ3) is 2.88. The highest BCUT2D eigenvalue weighted by molar-refractivity contribution is 7.10. The summed E-state index contributed by atoms with van der Waals surface area (Å²) in [5, 5.41) is 7.05. The third-order valence-electron chi connectivity index (χ3n) is 2.03. The van der Waals surface area contributed by atoms with Crippen LogP contribution in [0.15, 0.2) is 22.3 Å². The molecular weight excluding hydrogens is 242 g/mol. The Morgan fingerprint density at radius 1 is 1.44 bits per heavy atom. The van der Waals surface area contributed by atoms with Gasteiger partial charge < -0.3 is 11.1 Å². The minimum atomic E-state index is -0.373. The van der Waals surface area contributed by atoms with E-state index in [4.69, 9.17) is 5.73 Å². The largest absolute Gasteiger partial charge is 0.366 e. The van der Waals surface area contributed by atoms with Crippen molar-refractivity contribution in [1.29, 1.82) is 0 Å². The number of carbonyl (C=O) groups is 1. The Morgan fingerprint density at radius 2 is 2.31 bits per heavy atom. The molecule has 0 saturated heterocycles. The van der Waals surface area contributed by atoms with E-state index in [1.807, 2.05) is 17.0 Å². The van der Waals surface area contributed by atoms with Crippen LogP contribution in [0, 0.1) is 0 Å². The van der Waals surface area contributed by atoms with Gasteiger partial charge in [-0.3, -0.25) is 4.79 Å².